The van der Waals surface area contributed by atoms with Crippen molar-refractivity contribution in [3.8, 4) is 0 Å². The molecule has 0 unspecified atom stereocenters. The highest BCUT2D eigenvalue weighted by Crippen LogP contribution is 2.29. The molecule has 1 saturated carbocycles. The highest BCUT2D eigenvalue weighted by atomic mass is 35.5. The van der Waals surface area contributed by atoms with Crippen molar-refractivity contribution >= 4 is 40.5 Å². The third-order valence-electron chi connectivity index (χ3n) is 6.00. The monoisotopic (exact) mass is 461 g/mol. The maximum absolute atomic E-state index is 12.9. The van der Waals surface area contributed by atoms with Crippen molar-refractivity contribution in [2.24, 2.45) is 0 Å². The van der Waals surface area contributed by atoms with Gasteiger partial charge in [-0.1, -0.05) is 67.3 Å². The minimum Gasteiger partial charge on any atom is -0.354 e. The molecule has 6 heteroatoms. The molecule has 2 amide bonds. The predicted octanol–water partition coefficient (Wildman–Crippen LogP) is 7.08. The van der Waals surface area contributed by atoms with Gasteiger partial charge in [0.1, 0.15) is 0 Å². The molecule has 1 fully saturated rings. The number of carbonyl (C=O) groups excluding carboxylic acids is 2. The summed E-state index contributed by atoms with van der Waals surface area (Å²) in [6.07, 6.45) is 5.61. The van der Waals surface area contributed by atoms with Crippen LogP contribution >= 0.6 is 11.6 Å². The summed E-state index contributed by atoms with van der Waals surface area (Å²) in [5.74, 6) is -0.105. The van der Waals surface area contributed by atoms with Gasteiger partial charge < -0.3 is 16.0 Å². The van der Waals surface area contributed by atoms with Crippen LogP contribution in [-0.4, -0.2) is 17.9 Å². The molecule has 0 bridgehead atoms. The van der Waals surface area contributed by atoms with E-state index < -0.39 is 0 Å². The van der Waals surface area contributed by atoms with E-state index in [1.165, 1.54) is 6.42 Å². The summed E-state index contributed by atoms with van der Waals surface area (Å²) in [5.41, 5.74) is 4.14. The van der Waals surface area contributed by atoms with Crippen LogP contribution in [0.25, 0.3) is 0 Å². The fraction of sp³-hybridized carbons (Fsp3) is 0.259. The van der Waals surface area contributed by atoms with Crippen molar-refractivity contribution in [1.29, 1.82) is 0 Å². The van der Waals surface area contributed by atoms with Crippen molar-refractivity contribution in [2.45, 2.75) is 45.1 Å². The normalized spacial score (nSPS) is 13.9. The molecule has 3 aromatic rings. The largest absolute Gasteiger partial charge is 0.354 e. The number of hydrogen-bond donors (Lipinski definition) is 3. The Morgan fingerprint density at radius 1 is 0.848 bits per heavy atom. The number of amides is 2. The molecule has 0 saturated heterocycles. The van der Waals surface area contributed by atoms with Crippen LogP contribution in [0, 0.1) is 6.92 Å². The van der Waals surface area contributed by atoms with Gasteiger partial charge in [0.15, 0.2) is 5.78 Å². The van der Waals surface area contributed by atoms with Gasteiger partial charge >= 0.3 is 6.03 Å². The maximum Gasteiger partial charge on any atom is 0.319 e. The molecule has 0 heterocycles. The van der Waals surface area contributed by atoms with E-state index in [1.807, 2.05) is 55.5 Å². The van der Waals surface area contributed by atoms with Crippen LogP contribution in [0.1, 0.15) is 53.6 Å². The first-order valence-electron chi connectivity index (χ1n) is 11.3. The predicted molar refractivity (Wildman–Crippen MR) is 135 cm³/mol. The molecular formula is C27H28ClN3O2. The van der Waals surface area contributed by atoms with Gasteiger partial charge in [0, 0.05) is 22.9 Å². The molecule has 0 atom stereocenters. The topological polar surface area (TPSA) is 70.2 Å². The van der Waals surface area contributed by atoms with Gasteiger partial charge in [-0.2, -0.15) is 0 Å². The lowest BCUT2D eigenvalue weighted by Gasteiger charge is -2.23. The van der Waals surface area contributed by atoms with E-state index in [0.717, 1.165) is 42.6 Å². The van der Waals surface area contributed by atoms with Crippen LogP contribution in [0.2, 0.25) is 5.02 Å². The summed E-state index contributed by atoms with van der Waals surface area (Å²) in [6, 6.07) is 20.3. The van der Waals surface area contributed by atoms with Gasteiger partial charge in [0.2, 0.25) is 0 Å². The Labute approximate surface area is 199 Å². The van der Waals surface area contributed by atoms with Crippen molar-refractivity contribution in [1.82, 2.24) is 5.32 Å². The zero-order chi connectivity index (χ0) is 23.2. The highest BCUT2D eigenvalue weighted by Gasteiger charge is 2.17. The first-order valence-corrected chi connectivity index (χ1v) is 11.7. The molecule has 5 nitrogen and oxygen atoms in total. The Morgan fingerprint density at radius 2 is 1.55 bits per heavy atom. The van der Waals surface area contributed by atoms with E-state index in [4.69, 9.17) is 11.6 Å². The van der Waals surface area contributed by atoms with E-state index in [-0.39, 0.29) is 17.9 Å². The molecule has 0 aromatic heterocycles. The highest BCUT2D eigenvalue weighted by molar-refractivity contribution is 6.35. The first-order chi connectivity index (χ1) is 16.0. The lowest BCUT2D eigenvalue weighted by atomic mass is 9.96. The summed E-state index contributed by atoms with van der Waals surface area (Å²) >= 11 is 6.48. The molecule has 1 aliphatic carbocycles. The average Bonchev–Trinajstić information content (AvgIpc) is 2.81. The summed E-state index contributed by atoms with van der Waals surface area (Å²) in [7, 11) is 0. The molecular weight excluding hydrogens is 434 g/mol. The Bertz CT molecular complexity index is 1160. The Hall–Kier alpha value is -3.31. The summed E-state index contributed by atoms with van der Waals surface area (Å²) in [4.78, 5) is 25.4. The lowest BCUT2D eigenvalue weighted by molar-refractivity contribution is 0.103. The van der Waals surface area contributed by atoms with Crippen LogP contribution in [0.15, 0.2) is 66.7 Å². The third-order valence-corrected chi connectivity index (χ3v) is 6.31. The molecule has 3 aromatic carbocycles. The number of hydrogen-bond acceptors (Lipinski definition) is 3. The molecule has 0 aliphatic heterocycles. The van der Waals surface area contributed by atoms with Gasteiger partial charge in [-0.05, 0) is 55.7 Å². The number of halogens is 1. The van der Waals surface area contributed by atoms with E-state index in [1.54, 1.807) is 18.2 Å². The molecule has 170 valence electrons. The first kappa shape index (κ1) is 22.9. The number of benzene rings is 3. The minimum atomic E-state index is -0.201. The summed E-state index contributed by atoms with van der Waals surface area (Å²) in [6.45, 7) is 1.91. The molecule has 0 spiro atoms. The molecule has 33 heavy (non-hydrogen) atoms. The van der Waals surface area contributed by atoms with Gasteiger partial charge in [-0.25, -0.2) is 4.79 Å². The second kappa shape index (κ2) is 10.5. The molecule has 1 aliphatic rings. The van der Waals surface area contributed by atoms with E-state index >= 15 is 0 Å². The molecule has 0 radical (unpaired) electrons. The maximum atomic E-state index is 12.9. The van der Waals surface area contributed by atoms with Crippen LogP contribution in [0.4, 0.5) is 21.9 Å². The van der Waals surface area contributed by atoms with Crippen LogP contribution in [0.5, 0.6) is 0 Å². The van der Waals surface area contributed by atoms with Crippen molar-refractivity contribution < 1.29 is 9.59 Å². The molecule has 4 rings (SSSR count). The van der Waals surface area contributed by atoms with Crippen molar-refractivity contribution in [2.75, 3.05) is 10.6 Å². The van der Waals surface area contributed by atoms with Crippen LogP contribution in [-0.2, 0) is 0 Å². The SMILES string of the molecule is Cc1ccccc1C(=O)c1ccc(Nc2ccccc2NC(=O)NC2CCCCC2)cc1Cl. The molecule has 3 N–H and O–H groups in total. The van der Waals surface area contributed by atoms with Gasteiger partial charge in [0.05, 0.1) is 16.4 Å². The van der Waals surface area contributed by atoms with E-state index in [0.29, 0.717) is 21.8 Å². The smallest absolute Gasteiger partial charge is 0.319 e. The standard InChI is InChI=1S/C27H28ClN3O2/c1-18-9-5-6-12-21(18)26(32)22-16-15-20(17-23(22)28)29-24-13-7-8-14-25(24)31-27(33)30-19-10-3-2-4-11-19/h5-9,12-17,19,29H,2-4,10-11H2,1H3,(H2,30,31,33). The zero-order valence-electron chi connectivity index (χ0n) is 18.7. The Morgan fingerprint density at radius 3 is 2.27 bits per heavy atom. The average molecular weight is 462 g/mol. The minimum absolute atomic E-state index is 0.105. The number of carbonyl (C=O) groups is 2. The van der Waals surface area contributed by atoms with Crippen molar-refractivity contribution in [3.05, 3.63) is 88.4 Å². The number of para-hydroxylation sites is 2. The Kier molecular flexibility index (Phi) is 7.30. The Balaban J connectivity index is 1.47. The van der Waals surface area contributed by atoms with Crippen LogP contribution < -0.4 is 16.0 Å². The van der Waals surface area contributed by atoms with E-state index in [2.05, 4.69) is 16.0 Å². The number of nitrogens with one attached hydrogen (secondary N) is 3. The summed E-state index contributed by atoms with van der Waals surface area (Å²) < 4.78 is 0. The van der Waals surface area contributed by atoms with Gasteiger partial charge in [-0.15, -0.1) is 0 Å². The van der Waals surface area contributed by atoms with Crippen LogP contribution in [0.3, 0.4) is 0 Å². The van der Waals surface area contributed by atoms with Gasteiger partial charge in [0.25, 0.3) is 0 Å². The second-order valence-electron chi connectivity index (χ2n) is 8.44. The van der Waals surface area contributed by atoms with Gasteiger partial charge in [-0.3, -0.25) is 4.79 Å². The number of ketones is 1. The summed E-state index contributed by atoms with van der Waals surface area (Å²) in [5, 5.41) is 9.69. The van der Waals surface area contributed by atoms with E-state index in [9.17, 15) is 9.59 Å². The number of urea groups is 1. The lowest BCUT2D eigenvalue weighted by Crippen LogP contribution is -2.39. The third kappa shape index (κ3) is 5.74. The number of aryl methyl sites for hydroxylation is 1. The number of rotatable bonds is 6. The number of anilines is 3. The fourth-order valence-corrected chi connectivity index (χ4v) is 4.46. The fourth-order valence-electron chi connectivity index (χ4n) is 4.20. The van der Waals surface area contributed by atoms with Crippen molar-refractivity contribution in [3.63, 3.8) is 0 Å². The zero-order valence-corrected chi connectivity index (χ0v) is 19.4. The quantitative estimate of drug-likeness (QED) is 0.343. The second-order valence-corrected chi connectivity index (χ2v) is 8.85.